The van der Waals surface area contributed by atoms with Gasteiger partial charge in [-0.05, 0) is 49.1 Å². The van der Waals surface area contributed by atoms with Gasteiger partial charge in [-0.2, -0.15) is 0 Å². The molecule has 0 aromatic heterocycles. The zero-order valence-corrected chi connectivity index (χ0v) is 10.9. The number of aliphatic hydroxyl groups is 1. The van der Waals surface area contributed by atoms with Crippen LogP contribution in [0.15, 0.2) is 21.1 Å². The highest BCUT2D eigenvalue weighted by molar-refractivity contribution is 9.13. The normalized spacial score (nSPS) is 10.3. The van der Waals surface area contributed by atoms with E-state index in [-0.39, 0.29) is 6.61 Å². The predicted octanol–water partition coefficient (Wildman–Crippen LogP) is 3.60. The number of rotatable bonds is 2. The summed E-state index contributed by atoms with van der Waals surface area (Å²) in [6.07, 6.45) is 0. The summed E-state index contributed by atoms with van der Waals surface area (Å²) >= 11 is 10.2. The van der Waals surface area contributed by atoms with Crippen molar-refractivity contribution >= 4 is 47.8 Å². The van der Waals surface area contributed by atoms with Gasteiger partial charge in [-0.25, -0.2) is 0 Å². The van der Waals surface area contributed by atoms with E-state index in [1.54, 1.807) is 0 Å². The van der Waals surface area contributed by atoms with Crippen LogP contribution in [0.2, 0.25) is 0 Å². The smallest absolute Gasteiger partial charge is 0.0685 e. The van der Waals surface area contributed by atoms with E-state index in [0.29, 0.717) is 0 Å². The van der Waals surface area contributed by atoms with E-state index in [1.165, 1.54) is 0 Å². The second-order valence-corrected chi connectivity index (χ2v) is 4.50. The standard InChI is InChI=1S/C8H7Br3O/c9-3-6-5(4-12)1-2-7(10)8(6)11/h1-2,12H,3-4H2. The molecule has 0 aliphatic rings. The second-order valence-electron chi connectivity index (χ2n) is 2.29. The molecule has 1 rings (SSSR count). The van der Waals surface area contributed by atoms with Gasteiger partial charge in [-0.3, -0.25) is 0 Å². The first-order chi connectivity index (χ1) is 5.70. The number of halogens is 3. The van der Waals surface area contributed by atoms with Crippen molar-refractivity contribution in [3.63, 3.8) is 0 Å². The molecule has 1 N–H and O–H groups in total. The topological polar surface area (TPSA) is 20.2 Å². The van der Waals surface area contributed by atoms with E-state index in [4.69, 9.17) is 5.11 Å². The maximum absolute atomic E-state index is 9.01. The van der Waals surface area contributed by atoms with E-state index in [0.717, 1.165) is 25.4 Å². The number of aliphatic hydroxyl groups excluding tert-OH is 1. The molecule has 66 valence electrons. The van der Waals surface area contributed by atoms with Gasteiger partial charge in [0.25, 0.3) is 0 Å². The average Bonchev–Trinajstić information content (AvgIpc) is 2.09. The zero-order valence-electron chi connectivity index (χ0n) is 6.15. The van der Waals surface area contributed by atoms with Crippen LogP contribution < -0.4 is 0 Å². The molecular weight excluding hydrogens is 352 g/mol. The summed E-state index contributed by atoms with van der Waals surface area (Å²) < 4.78 is 2.01. The second kappa shape index (κ2) is 4.74. The minimum atomic E-state index is 0.0762. The molecule has 0 radical (unpaired) electrons. The quantitative estimate of drug-likeness (QED) is 0.801. The molecule has 0 heterocycles. The lowest BCUT2D eigenvalue weighted by molar-refractivity contribution is 0.281. The summed E-state index contributed by atoms with van der Waals surface area (Å²) in [5.74, 6) is 0. The van der Waals surface area contributed by atoms with Crippen LogP contribution in [-0.4, -0.2) is 5.11 Å². The number of alkyl halides is 1. The Hall–Kier alpha value is 0.620. The fourth-order valence-corrected chi connectivity index (χ4v) is 2.84. The van der Waals surface area contributed by atoms with Crippen molar-refractivity contribution in [3.8, 4) is 0 Å². The van der Waals surface area contributed by atoms with Gasteiger partial charge in [0.05, 0.1) is 6.61 Å². The minimum Gasteiger partial charge on any atom is -0.392 e. The molecule has 0 amide bonds. The van der Waals surface area contributed by atoms with Gasteiger partial charge in [-0.15, -0.1) is 0 Å². The lowest BCUT2D eigenvalue weighted by Crippen LogP contribution is -1.92. The molecule has 0 saturated heterocycles. The Balaban J connectivity index is 3.25. The minimum absolute atomic E-state index is 0.0762. The molecule has 0 spiro atoms. The third kappa shape index (κ3) is 2.10. The molecule has 1 aromatic rings. The van der Waals surface area contributed by atoms with Crippen molar-refractivity contribution in [2.75, 3.05) is 0 Å². The van der Waals surface area contributed by atoms with E-state index >= 15 is 0 Å². The highest BCUT2D eigenvalue weighted by atomic mass is 79.9. The van der Waals surface area contributed by atoms with E-state index < -0.39 is 0 Å². The SMILES string of the molecule is OCc1ccc(Br)c(Br)c1CBr. The van der Waals surface area contributed by atoms with Crippen LogP contribution >= 0.6 is 47.8 Å². The molecule has 4 heteroatoms. The van der Waals surface area contributed by atoms with Crippen molar-refractivity contribution in [2.45, 2.75) is 11.9 Å². The lowest BCUT2D eigenvalue weighted by atomic mass is 10.1. The van der Waals surface area contributed by atoms with Crippen LogP contribution in [0.4, 0.5) is 0 Å². The Morgan fingerprint density at radius 1 is 1.25 bits per heavy atom. The van der Waals surface area contributed by atoms with Crippen LogP contribution in [0.25, 0.3) is 0 Å². The molecule has 0 fully saturated rings. The maximum atomic E-state index is 9.01. The third-order valence-corrected chi connectivity index (χ3v) is 4.26. The molecule has 0 bridgehead atoms. The van der Waals surface area contributed by atoms with Crippen molar-refractivity contribution < 1.29 is 5.11 Å². The molecule has 12 heavy (non-hydrogen) atoms. The molecule has 0 aliphatic carbocycles. The summed E-state index contributed by atoms with van der Waals surface area (Å²) in [5, 5.41) is 9.75. The van der Waals surface area contributed by atoms with Crippen molar-refractivity contribution in [1.29, 1.82) is 0 Å². The summed E-state index contributed by atoms with van der Waals surface area (Å²) in [4.78, 5) is 0. The maximum Gasteiger partial charge on any atom is 0.0685 e. The molecule has 0 saturated carbocycles. The molecule has 0 aliphatic heterocycles. The van der Waals surface area contributed by atoms with Crippen LogP contribution in [-0.2, 0) is 11.9 Å². The van der Waals surface area contributed by atoms with Crippen molar-refractivity contribution in [1.82, 2.24) is 0 Å². The molecule has 0 unspecified atom stereocenters. The van der Waals surface area contributed by atoms with Gasteiger partial charge < -0.3 is 5.11 Å². The molecule has 0 atom stereocenters. The van der Waals surface area contributed by atoms with E-state index in [9.17, 15) is 0 Å². The molecule has 1 nitrogen and oxygen atoms in total. The summed E-state index contributed by atoms with van der Waals surface area (Å²) in [5.41, 5.74) is 2.04. The Morgan fingerprint density at radius 2 is 1.92 bits per heavy atom. The fraction of sp³-hybridized carbons (Fsp3) is 0.250. The van der Waals surface area contributed by atoms with Crippen LogP contribution in [0.5, 0.6) is 0 Å². The highest BCUT2D eigenvalue weighted by Gasteiger charge is 2.07. The monoisotopic (exact) mass is 356 g/mol. The number of hydrogen-bond donors (Lipinski definition) is 1. The average molecular weight is 359 g/mol. The zero-order chi connectivity index (χ0) is 9.14. The first-order valence-electron chi connectivity index (χ1n) is 3.33. The summed E-state index contributed by atoms with van der Waals surface area (Å²) in [7, 11) is 0. The van der Waals surface area contributed by atoms with Gasteiger partial charge in [0, 0.05) is 14.3 Å². The van der Waals surface area contributed by atoms with Gasteiger partial charge in [0.1, 0.15) is 0 Å². The fourth-order valence-electron chi connectivity index (χ4n) is 0.925. The van der Waals surface area contributed by atoms with Gasteiger partial charge in [0.15, 0.2) is 0 Å². The van der Waals surface area contributed by atoms with Gasteiger partial charge >= 0.3 is 0 Å². The Bertz CT molecular complexity index is 286. The van der Waals surface area contributed by atoms with Gasteiger partial charge in [-0.1, -0.05) is 22.0 Å². The van der Waals surface area contributed by atoms with E-state index in [1.807, 2.05) is 12.1 Å². The number of benzene rings is 1. The van der Waals surface area contributed by atoms with Gasteiger partial charge in [0.2, 0.25) is 0 Å². The third-order valence-electron chi connectivity index (χ3n) is 1.60. The number of hydrogen-bond acceptors (Lipinski definition) is 1. The summed E-state index contributed by atoms with van der Waals surface area (Å²) in [6, 6.07) is 3.83. The Labute approximate surface area is 96.6 Å². The first-order valence-corrected chi connectivity index (χ1v) is 6.04. The highest BCUT2D eigenvalue weighted by Crippen LogP contribution is 2.30. The largest absolute Gasteiger partial charge is 0.392 e. The molecular formula is C8H7Br3O. The van der Waals surface area contributed by atoms with Crippen LogP contribution in [0, 0.1) is 0 Å². The van der Waals surface area contributed by atoms with E-state index in [2.05, 4.69) is 47.8 Å². The summed E-state index contributed by atoms with van der Waals surface area (Å²) in [6.45, 7) is 0.0762. The first kappa shape index (κ1) is 10.7. The lowest BCUT2D eigenvalue weighted by Gasteiger charge is -2.07. The van der Waals surface area contributed by atoms with Crippen molar-refractivity contribution in [3.05, 3.63) is 32.2 Å². The Morgan fingerprint density at radius 3 is 2.42 bits per heavy atom. The predicted molar refractivity (Wildman–Crippen MR) is 60.4 cm³/mol. The molecule has 1 aromatic carbocycles. The van der Waals surface area contributed by atoms with Crippen molar-refractivity contribution in [2.24, 2.45) is 0 Å². The van der Waals surface area contributed by atoms with Crippen LogP contribution in [0.1, 0.15) is 11.1 Å². The Kier molecular flexibility index (Phi) is 4.23. The van der Waals surface area contributed by atoms with Crippen LogP contribution in [0.3, 0.4) is 0 Å².